The number of oxime groups is 1. The van der Waals surface area contributed by atoms with Gasteiger partial charge in [-0.15, -0.1) is 0 Å². The summed E-state index contributed by atoms with van der Waals surface area (Å²) in [7, 11) is 0. The molecule has 4 aliphatic rings. The second-order valence-corrected chi connectivity index (χ2v) is 10.8. The van der Waals surface area contributed by atoms with Crippen molar-refractivity contribution in [3.8, 4) is 6.07 Å². The lowest BCUT2D eigenvalue weighted by atomic mass is 9.50. The van der Waals surface area contributed by atoms with Crippen LogP contribution in [-0.4, -0.2) is 22.8 Å². The lowest BCUT2D eigenvalue weighted by Gasteiger charge is -2.54. The Morgan fingerprint density at radius 1 is 1.17 bits per heavy atom. The number of carbonyl (C=O) groups is 2. The summed E-state index contributed by atoms with van der Waals surface area (Å²) in [5, 5.41) is 23.9. The molecule has 0 bridgehead atoms. The Hall–Kier alpha value is -3.20. The molecule has 0 aliphatic heterocycles. The van der Waals surface area contributed by atoms with E-state index in [9.17, 15) is 20.0 Å². The number of carbonyl (C=O) groups excluding carboxylic acids is 1. The fourth-order valence-electron chi connectivity index (χ4n) is 7.92. The van der Waals surface area contributed by atoms with Crippen molar-refractivity contribution in [3.05, 3.63) is 58.2 Å². The maximum Gasteiger partial charge on any atom is 0.335 e. The van der Waals surface area contributed by atoms with Gasteiger partial charge in [-0.2, -0.15) is 5.26 Å². The lowest BCUT2D eigenvalue weighted by molar-refractivity contribution is -0.140. The van der Waals surface area contributed by atoms with Gasteiger partial charge in [0.1, 0.15) is 0 Å². The predicted molar refractivity (Wildman–Crippen MR) is 132 cm³/mol. The van der Waals surface area contributed by atoms with E-state index in [4.69, 9.17) is 4.84 Å². The van der Waals surface area contributed by atoms with Gasteiger partial charge >= 0.3 is 11.9 Å². The highest BCUT2D eigenvalue weighted by Crippen LogP contribution is 2.68. The predicted octanol–water partition coefficient (Wildman–Crippen LogP) is 6.09. The van der Waals surface area contributed by atoms with Crippen LogP contribution in [0, 0.1) is 28.6 Å². The van der Waals surface area contributed by atoms with Crippen molar-refractivity contribution >= 4 is 17.7 Å². The molecule has 0 spiro atoms. The van der Waals surface area contributed by atoms with Crippen molar-refractivity contribution in [3.63, 3.8) is 0 Å². The zero-order chi connectivity index (χ0) is 24.8. The van der Waals surface area contributed by atoms with E-state index >= 15 is 0 Å². The van der Waals surface area contributed by atoms with Crippen LogP contribution in [0.1, 0.15) is 87.6 Å². The van der Waals surface area contributed by atoms with E-state index < -0.39 is 17.4 Å². The van der Waals surface area contributed by atoms with Gasteiger partial charge in [0.05, 0.1) is 17.3 Å². The Kier molecular flexibility index (Phi) is 5.91. The van der Waals surface area contributed by atoms with Crippen molar-refractivity contribution in [2.75, 3.05) is 0 Å². The number of allylic oxidation sites excluding steroid dienone is 4. The van der Waals surface area contributed by atoms with Crippen LogP contribution in [-0.2, 0) is 15.0 Å². The van der Waals surface area contributed by atoms with Gasteiger partial charge in [-0.3, -0.25) is 0 Å². The molecule has 182 valence electrons. The molecule has 0 heterocycles. The van der Waals surface area contributed by atoms with E-state index in [2.05, 4.69) is 24.2 Å². The molecule has 0 amide bonds. The molecule has 2 unspecified atom stereocenters. The summed E-state index contributed by atoms with van der Waals surface area (Å²) in [5.41, 5.74) is 5.81. The van der Waals surface area contributed by atoms with Gasteiger partial charge in [-0.1, -0.05) is 35.9 Å². The zero-order valence-electron chi connectivity index (χ0n) is 20.5. The molecule has 2 fully saturated rings. The summed E-state index contributed by atoms with van der Waals surface area (Å²) in [5.74, 6) is -0.400. The molecule has 1 aromatic rings. The molecular weight excluding hydrogens is 440 g/mol. The van der Waals surface area contributed by atoms with Gasteiger partial charge in [0.15, 0.2) is 0 Å². The normalized spacial score (nSPS) is 32.7. The standard InChI is InChI=1S/C29H32N2O4/c1-18(32)35-31-20-8-10-21-19(17-20)7-9-23-22(21)11-13-28(2)25(23)12-14-29(28,15-16-30)26-6-4-3-5-24(26)27(33)34/h3-6,17,23,25H,7-15H2,1-2H3,(H,33,34)/t23?,25?,28-,29-/m0/s1. The third kappa shape index (κ3) is 3.64. The highest BCUT2D eigenvalue weighted by Gasteiger charge is 2.62. The zero-order valence-corrected chi connectivity index (χ0v) is 20.5. The molecule has 6 heteroatoms. The van der Waals surface area contributed by atoms with Crippen LogP contribution in [0.3, 0.4) is 0 Å². The van der Waals surface area contributed by atoms with E-state index in [1.165, 1.54) is 18.1 Å². The second kappa shape index (κ2) is 8.78. The van der Waals surface area contributed by atoms with E-state index in [-0.39, 0.29) is 5.41 Å². The van der Waals surface area contributed by atoms with Crippen LogP contribution >= 0.6 is 0 Å². The van der Waals surface area contributed by atoms with Crippen molar-refractivity contribution < 1.29 is 19.5 Å². The third-order valence-electron chi connectivity index (χ3n) is 9.46. The summed E-state index contributed by atoms with van der Waals surface area (Å²) in [6.45, 7) is 3.69. The average Bonchev–Trinajstić information content (AvgIpc) is 3.15. The van der Waals surface area contributed by atoms with Crippen molar-refractivity contribution in [2.45, 2.75) is 77.0 Å². The molecule has 5 rings (SSSR count). The largest absolute Gasteiger partial charge is 0.478 e. The molecular formula is C29H32N2O4. The summed E-state index contributed by atoms with van der Waals surface area (Å²) in [4.78, 5) is 28.2. The molecule has 6 nitrogen and oxygen atoms in total. The second-order valence-electron chi connectivity index (χ2n) is 10.8. The molecule has 0 aromatic heterocycles. The molecule has 1 N–H and O–H groups in total. The number of aromatic carboxylic acids is 1. The van der Waals surface area contributed by atoms with Crippen molar-refractivity contribution in [2.24, 2.45) is 22.4 Å². The number of rotatable bonds is 4. The molecule has 1 aromatic carbocycles. The minimum Gasteiger partial charge on any atom is -0.478 e. The molecule has 35 heavy (non-hydrogen) atoms. The van der Waals surface area contributed by atoms with Gasteiger partial charge in [-0.05, 0) is 97.5 Å². The first-order valence-corrected chi connectivity index (χ1v) is 12.7. The number of fused-ring (bicyclic) bond motifs is 4. The van der Waals surface area contributed by atoms with Crippen LogP contribution in [0.5, 0.6) is 0 Å². The van der Waals surface area contributed by atoms with Gasteiger partial charge in [0.25, 0.3) is 0 Å². The van der Waals surface area contributed by atoms with Gasteiger partial charge in [-0.25, -0.2) is 9.59 Å². The van der Waals surface area contributed by atoms with Crippen LogP contribution in [0.2, 0.25) is 0 Å². The van der Waals surface area contributed by atoms with Gasteiger partial charge in [0, 0.05) is 18.8 Å². The van der Waals surface area contributed by atoms with E-state index in [0.29, 0.717) is 23.8 Å². The maximum atomic E-state index is 12.2. The smallest absolute Gasteiger partial charge is 0.335 e. The third-order valence-corrected chi connectivity index (χ3v) is 9.46. The number of hydrogen-bond donors (Lipinski definition) is 1. The van der Waals surface area contributed by atoms with Gasteiger partial charge in [0.2, 0.25) is 0 Å². The number of carboxylic acids is 1. The molecule has 4 aliphatic carbocycles. The number of carboxylic acid groups (broad SMARTS) is 1. The van der Waals surface area contributed by atoms with E-state index in [1.54, 1.807) is 17.7 Å². The molecule has 2 saturated carbocycles. The fourth-order valence-corrected chi connectivity index (χ4v) is 7.92. The Balaban J connectivity index is 1.53. The minimum atomic E-state index is -0.913. The van der Waals surface area contributed by atoms with Crippen LogP contribution in [0.4, 0.5) is 0 Å². The quantitative estimate of drug-likeness (QED) is 0.422. The topological polar surface area (TPSA) is 99.8 Å². The fraction of sp³-hybridized carbons (Fsp3) is 0.517. The van der Waals surface area contributed by atoms with E-state index in [0.717, 1.165) is 62.6 Å². The summed E-state index contributed by atoms with van der Waals surface area (Å²) < 4.78 is 0. The maximum absolute atomic E-state index is 12.2. The highest BCUT2D eigenvalue weighted by atomic mass is 16.7. The van der Waals surface area contributed by atoms with Crippen molar-refractivity contribution in [1.29, 1.82) is 5.26 Å². The lowest BCUT2D eigenvalue weighted by Crippen LogP contribution is -2.48. The summed E-state index contributed by atoms with van der Waals surface area (Å²) in [6, 6.07) is 9.80. The molecule has 0 radical (unpaired) electrons. The average molecular weight is 473 g/mol. The Morgan fingerprint density at radius 2 is 1.97 bits per heavy atom. The van der Waals surface area contributed by atoms with Crippen LogP contribution in [0.15, 0.2) is 52.2 Å². The first kappa shape index (κ1) is 23.5. The molecule has 4 atom stereocenters. The molecule has 0 saturated heterocycles. The minimum absolute atomic E-state index is 0.124. The van der Waals surface area contributed by atoms with Crippen LogP contribution < -0.4 is 0 Å². The SMILES string of the molecule is CC(=O)ON=C1C=C2CCC3C(=C2CC1)CC[C@@]1(C)C3CC[C@]1(CC#N)c1ccccc1C(=O)O. The van der Waals surface area contributed by atoms with Crippen molar-refractivity contribution in [1.82, 2.24) is 0 Å². The van der Waals surface area contributed by atoms with Gasteiger partial charge < -0.3 is 9.94 Å². The first-order chi connectivity index (χ1) is 16.8. The number of benzene rings is 1. The number of nitrogens with zero attached hydrogens (tertiary/aromatic N) is 2. The Bertz CT molecular complexity index is 1220. The van der Waals surface area contributed by atoms with Crippen LogP contribution in [0.25, 0.3) is 0 Å². The number of hydrogen-bond acceptors (Lipinski definition) is 5. The number of nitriles is 1. The summed E-state index contributed by atoms with van der Waals surface area (Å²) in [6.07, 6.45) is 10.0. The Labute approximate surface area is 206 Å². The monoisotopic (exact) mass is 472 g/mol. The first-order valence-electron chi connectivity index (χ1n) is 12.7. The summed E-state index contributed by atoms with van der Waals surface area (Å²) >= 11 is 0. The highest BCUT2D eigenvalue weighted by molar-refractivity contribution is 5.97. The van der Waals surface area contributed by atoms with E-state index in [1.807, 2.05) is 12.1 Å². The Morgan fingerprint density at radius 3 is 2.71 bits per heavy atom.